The van der Waals surface area contributed by atoms with Crippen LogP contribution in [0.2, 0.25) is 0 Å². The molecule has 1 aromatic heterocycles. The van der Waals surface area contributed by atoms with E-state index < -0.39 is 15.8 Å². The molecule has 2 rings (SSSR count). The monoisotopic (exact) mass is 331 g/mol. The number of anilines is 1. The van der Waals surface area contributed by atoms with Gasteiger partial charge in [0.1, 0.15) is 5.82 Å². The molecule has 0 radical (unpaired) electrons. The normalized spacial score (nSPS) is 11.8. The number of H-pyrrole nitrogens is 1. The molecule has 0 aliphatic heterocycles. The molecule has 1 heterocycles. The molecule has 0 amide bonds. The van der Waals surface area contributed by atoms with Crippen molar-refractivity contribution < 1.29 is 12.8 Å². The van der Waals surface area contributed by atoms with Gasteiger partial charge in [-0.1, -0.05) is 11.3 Å². The van der Waals surface area contributed by atoms with Crippen LogP contribution in [0.4, 0.5) is 10.1 Å². The van der Waals surface area contributed by atoms with Crippen LogP contribution in [0.5, 0.6) is 0 Å². The molecule has 0 spiro atoms. The number of thiazole rings is 1. The van der Waals surface area contributed by atoms with Gasteiger partial charge in [-0.25, -0.2) is 17.5 Å². The zero-order valence-corrected chi connectivity index (χ0v) is 13.0. The molecule has 0 aliphatic carbocycles. The number of nitrogens with one attached hydrogen (secondary N) is 2. The first-order valence-electron chi connectivity index (χ1n) is 5.94. The van der Waals surface area contributed by atoms with E-state index in [1.165, 1.54) is 19.2 Å². The summed E-state index contributed by atoms with van der Waals surface area (Å²) in [6.07, 6.45) is 0. The molecule has 2 aromatic rings. The van der Waals surface area contributed by atoms with E-state index >= 15 is 0 Å². The molecule has 0 saturated heterocycles. The molecule has 0 fully saturated rings. The summed E-state index contributed by atoms with van der Waals surface area (Å²) >= 11 is 0.946. The van der Waals surface area contributed by atoms with Crippen molar-refractivity contribution in [3.63, 3.8) is 0 Å². The smallest absolute Gasteiger partial charge is 0.304 e. The standard InChI is InChI=1S/C12H14FN3O3S2/c1-6-3-9(13)10(14)7(2)11(6)21(18,19)15-4-8-5-20-12(17)16-8/h3,5,15H,4,14H2,1-2H3,(H,16,17). The van der Waals surface area contributed by atoms with Gasteiger partial charge in [-0.05, 0) is 31.0 Å². The van der Waals surface area contributed by atoms with E-state index in [9.17, 15) is 17.6 Å². The predicted molar refractivity (Wildman–Crippen MR) is 79.3 cm³/mol. The molecule has 0 bridgehead atoms. The molecule has 6 nitrogen and oxygen atoms in total. The second-order valence-electron chi connectivity index (χ2n) is 4.54. The Morgan fingerprint density at radius 3 is 2.67 bits per heavy atom. The molecular weight excluding hydrogens is 317 g/mol. The van der Waals surface area contributed by atoms with Crippen LogP contribution in [0.15, 0.2) is 21.1 Å². The zero-order chi connectivity index (χ0) is 15.8. The van der Waals surface area contributed by atoms with E-state index in [0.29, 0.717) is 5.69 Å². The number of hydrogen-bond donors (Lipinski definition) is 3. The van der Waals surface area contributed by atoms with E-state index in [-0.39, 0.29) is 33.1 Å². The number of aromatic amines is 1. The number of aromatic nitrogens is 1. The van der Waals surface area contributed by atoms with Crippen LogP contribution in [0, 0.1) is 19.7 Å². The summed E-state index contributed by atoms with van der Waals surface area (Å²) in [7, 11) is -3.86. The summed E-state index contributed by atoms with van der Waals surface area (Å²) in [6.45, 7) is 2.89. The van der Waals surface area contributed by atoms with E-state index in [0.717, 1.165) is 17.4 Å². The maximum Gasteiger partial charge on any atom is 0.304 e. The zero-order valence-electron chi connectivity index (χ0n) is 11.4. The summed E-state index contributed by atoms with van der Waals surface area (Å²) in [5.41, 5.74) is 6.25. The highest BCUT2D eigenvalue weighted by atomic mass is 32.2. The van der Waals surface area contributed by atoms with E-state index in [2.05, 4.69) is 9.71 Å². The van der Waals surface area contributed by atoms with Gasteiger partial charge in [-0.15, -0.1) is 0 Å². The van der Waals surface area contributed by atoms with Gasteiger partial charge in [-0.2, -0.15) is 0 Å². The maximum absolute atomic E-state index is 13.5. The lowest BCUT2D eigenvalue weighted by Crippen LogP contribution is -2.25. The first kappa shape index (κ1) is 15.7. The Hall–Kier alpha value is -1.71. The molecule has 0 saturated carbocycles. The maximum atomic E-state index is 13.5. The summed E-state index contributed by atoms with van der Waals surface area (Å²) in [5.74, 6) is -0.647. The predicted octanol–water partition coefficient (Wildman–Crippen LogP) is 1.25. The van der Waals surface area contributed by atoms with E-state index in [1.807, 2.05) is 0 Å². The third-order valence-corrected chi connectivity index (χ3v) is 5.40. The van der Waals surface area contributed by atoms with Crippen LogP contribution in [0.1, 0.15) is 16.8 Å². The highest BCUT2D eigenvalue weighted by Gasteiger charge is 2.22. The van der Waals surface area contributed by atoms with Crippen LogP contribution in [0.3, 0.4) is 0 Å². The molecular formula is C12H14FN3O3S2. The molecule has 0 aliphatic rings. The number of aryl methyl sites for hydroxylation is 1. The van der Waals surface area contributed by atoms with Crippen molar-refractivity contribution in [2.75, 3.05) is 5.73 Å². The largest absolute Gasteiger partial charge is 0.396 e. The average molecular weight is 331 g/mol. The molecule has 0 unspecified atom stereocenters. The minimum atomic E-state index is -3.86. The van der Waals surface area contributed by atoms with Gasteiger partial charge in [0.05, 0.1) is 17.1 Å². The number of hydrogen-bond acceptors (Lipinski definition) is 5. The third-order valence-electron chi connectivity index (χ3n) is 3.00. The lowest BCUT2D eigenvalue weighted by Gasteiger charge is -2.14. The summed E-state index contributed by atoms with van der Waals surface area (Å²) < 4.78 is 40.5. The van der Waals surface area contributed by atoms with Crippen molar-refractivity contribution in [3.05, 3.63) is 43.8 Å². The lowest BCUT2D eigenvalue weighted by molar-refractivity contribution is 0.578. The average Bonchev–Trinajstić information content (AvgIpc) is 2.79. The molecule has 21 heavy (non-hydrogen) atoms. The summed E-state index contributed by atoms with van der Waals surface area (Å²) in [6, 6.07) is 1.09. The van der Waals surface area contributed by atoms with Gasteiger partial charge in [0.2, 0.25) is 10.0 Å². The number of benzene rings is 1. The Kier molecular flexibility index (Phi) is 4.17. The van der Waals surface area contributed by atoms with Gasteiger partial charge >= 0.3 is 4.87 Å². The molecule has 4 N–H and O–H groups in total. The topological polar surface area (TPSA) is 105 Å². The van der Waals surface area contributed by atoms with Crippen molar-refractivity contribution in [2.24, 2.45) is 0 Å². The Morgan fingerprint density at radius 1 is 1.43 bits per heavy atom. The Labute approximate surface area is 124 Å². The van der Waals surface area contributed by atoms with Crippen molar-refractivity contribution >= 4 is 27.0 Å². The van der Waals surface area contributed by atoms with Gasteiger partial charge < -0.3 is 10.7 Å². The molecule has 9 heteroatoms. The van der Waals surface area contributed by atoms with Gasteiger partial charge in [-0.3, -0.25) is 4.79 Å². The van der Waals surface area contributed by atoms with Gasteiger partial charge in [0.15, 0.2) is 0 Å². The summed E-state index contributed by atoms with van der Waals surface area (Å²) in [4.78, 5) is 13.2. The third kappa shape index (κ3) is 3.14. The fourth-order valence-corrected chi connectivity index (χ4v) is 4.06. The van der Waals surface area contributed by atoms with Crippen LogP contribution in [0.25, 0.3) is 0 Å². The van der Waals surface area contributed by atoms with Crippen molar-refractivity contribution in [2.45, 2.75) is 25.3 Å². The van der Waals surface area contributed by atoms with E-state index in [4.69, 9.17) is 5.73 Å². The lowest BCUT2D eigenvalue weighted by atomic mass is 10.1. The van der Waals surface area contributed by atoms with Gasteiger partial charge in [0.25, 0.3) is 0 Å². The Bertz CT molecular complexity index is 840. The molecule has 0 atom stereocenters. The molecule has 114 valence electrons. The van der Waals surface area contributed by atoms with Crippen LogP contribution in [-0.2, 0) is 16.6 Å². The highest BCUT2D eigenvalue weighted by molar-refractivity contribution is 7.89. The fraction of sp³-hybridized carbons (Fsp3) is 0.250. The first-order chi connectivity index (χ1) is 9.72. The van der Waals surface area contributed by atoms with Crippen molar-refractivity contribution in [1.82, 2.24) is 9.71 Å². The second-order valence-corrected chi connectivity index (χ2v) is 7.09. The second kappa shape index (κ2) is 5.58. The highest BCUT2D eigenvalue weighted by Crippen LogP contribution is 2.27. The minimum absolute atomic E-state index is 0.0426. The number of halogens is 1. The van der Waals surface area contributed by atoms with Gasteiger partial charge in [0, 0.05) is 11.1 Å². The number of rotatable bonds is 4. The van der Waals surface area contributed by atoms with Crippen molar-refractivity contribution in [1.29, 1.82) is 0 Å². The first-order valence-corrected chi connectivity index (χ1v) is 8.30. The number of nitrogen functional groups attached to an aromatic ring is 1. The summed E-state index contributed by atoms with van der Waals surface area (Å²) in [5, 5.41) is 1.53. The Morgan fingerprint density at radius 2 is 2.10 bits per heavy atom. The minimum Gasteiger partial charge on any atom is -0.396 e. The fourth-order valence-electron chi connectivity index (χ4n) is 1.99. The SMILES string of the molecule is Cc1cc(F)c(N)c(C)c1S(=O)(=O)NCc1csc(=O)[nH]1. The number of nitrogens with two attached hydrogens (primary N) is 1. The van der Waals surface area contributed by atoms with E-state index in [1.54, 1.807) is 0 Å². The quantitative estimate of drug-likeness (QED) is 0.733. The van der Waals surface area contributed by atoms with Crippen LogP contribution >= 0.6 is 11.3 Å². The number of sulfonamides is 1. The van der Waals surface area contributed by atoms with Crippen LogP contribution in [-0.4, -0.2) is 13.4 Å². The molecule has 1 aromatic carbocycles. The van der Waals surface area contributed by atoms with Crippen LogP contribution < -0.4 is 15.3 Å². The Balaban J connectivity index is 2.36. The van der Waals surface area contributed by atoms with Crippen molar-refractivity contribution in [3.8, 4) is 0 Å².